The number of carbonyl (C=O) groups is 1. The molecule has 0 saturated heterocycles. The highest BCUT2D eigenvalue weighted by atomic mass is 16.5. The molecule has 0 saturated carbocycles. The summed E-state index contributed by atoms with van der Waals surface area (Å²) in [7, 11) is 0. The van der Waals surface area contributed by atoms with Crippen molar-refractivity contribution in [2.24, 2.45) is 0 Å². The Morgan fingerprint density at radius 3 is 1.20 bits per heavy atom. The van der Waals surface area contributed by atoms with Gasteiger partial charge < -0.3 is 0 Å². The Hall–Kier alpha value is -0.830. The lowest BCUT2D eigenvalue weighted by Gasteiger charge is -2.04. The molecule has 0 radical (unpaired) electrons. The highest BCUT2D eigenvalue weighted by Gasteiger charge is 1.98. The molecular formula is C22H43NO2. The highest BCUT2D eigenvalue weighted by molar-refractivity contribution is 5.74. The summed E-state index contributed by atoms with van der Waals surface area (Å²) >= 11 is 0. The molecule has 0 aliphatic heterocycles. The predicted molar refractivity (Wildman–Crippen MR) is 108 cm³/mol. The van der Waals surface area contributed by atoms with Crippen LogP contribution in [-0.4, -0.2) is 11.1 Å². The molecule has 3 nitrogen and oxygen atoms in total. The SMILES string of the molecule is C=C(C)CCCCCCCCCCCCCCCCCCC(=O)NO. The lowest BCUT2D eigenvalue weighted by molar-refractivity contribution is -0.129. The highest BCUT2D eigenvalue weighted by Crippen LogP contribution is 2.14. The first kappa shape index (κ1) is 24.2. The van der Waals surface area contributed by atoms with Crippen molar-refractivity contribution >= 4 is 5.91 Å². The summed E-state index contributed by atoms with van der Waals surface area (Å²) in [5.74, 6) is -0.261. The van der Waals surface area contributed by atoms with Gasteiger partial charge in [0.25, 0.3) is 0 Å². The Kier molecular flexibility index (Phi) is 18.8. The number of amides is 1. The van der Waals surface area contributed by atoms with Gasteiger partial charge in [-0.1, -0.05) is 95.5 Å². The van der Waals surface area contributed by atoms with Crippen molar-refractivity contribution in [2.45, 2.75) is 122 Å². The molecule has 0 unspecified atom stereocenters. The maximum Gasteiger partial charge on any atom is 0.243 e. The average molecular weight is 354 g/mol. The van der Waals surface area contributed by atoms with Crippen LogP contribution in [0.4, 0.5) is 0 Å². The van der Waals surface area contributed by atoms with Crippen LogP contribution in [0, 0.1) is 0 Å². The van der Waals surface area contributed by atoms with E-state index < -0.39 is 0 Å². The van der Waals surface area contributed by atoms with Crippen LogP contribution < -0.4 is 5.48 Å². The average Bonchev–Trinajstić information content (AvgIpc) is 2.60. The maximum atomic E-state index is 10.8. The van der Waals surface area contributed by atoms with Crippen LogP contribution in [-0.2, 0) is 4.79 Å². The number of unbranched alkanes of at least 4 members (excludes halogenated alkanes) is 15. The van der Waals surface area contributed by atoms with Gasteiger partial charge in [-0.3, -0.25) is 10.0 Å². The van der Waals surface area contributed by atoms with Crippen LogP contribution in [0.5, 0.6) is 0 Å². The van der Waals surface area contributed by atoms with Crippen LogP contribution in [0.1, 0.15) is 122 Å². The fourth-order valence-electron chi connectivity index (χ4n) is 3.24. The third-order valence-electron chi connectivity index (χ3n) is 4.88. The second-order valence-corrected chi connectivity index (χ2v) is 7.65. The second kappa shape index (κ2) is 19.5. The largest absolute Gasteiger partial charge is 0.289 e. The van der Waals surface area contributed by atoms with E-state index in [9.17, 15) is 4.79 Å². The van der Waals surface area contributed by atoms with Gasteiger partial charge in [-0.25, -0.2) is 5.48 Å². The zero-order chi connectivity index (χ0) is 18.6. The smallest absolute Gasteiger partial charge is 0.243 e. The minimum Gasteiger partial charge on any atom is -0.289 e. The van der Waals surface area contributed by atoms with Crippen LogP contribution in [0.15, 0.2) is 12.2 Å². The molecule has 0 rings (SSSR count). The van der Waals surface area contributed by atoms with Crippen molar-refractivity contribution in [2.75, 3.05) is 0 Å². The van der Waals surface area contributed by atoms with E-state index in [4.69, 9.17) is 5.21 Å². The Morgan fingerprint density at radius 1 is 0.640 bits per heavy atom. The first-order valence-corrected chi connectivity index (χ1v) is 10.7. The van der Waals surface area contributed by atoms with E-state index in [1.165, 1.54) is 102 Å². The van der Waals surface area contributed by atoms with E-state index >= 15 is 0 Å². The minimum atomic E-state index is -0.261. The normalized spacial score (nSPS) is 10.8. The van der Waals surface area contributed by atoms with Crippen molar-refractivity contribution in [1.82, 2.24) is 5.48 Å². The first-order chi connectivity index (χ1) is 12.2. The number of hydrogen-bond acceptors (Lipinski definition) is 2. The molecule has 0 fully saturated rings. The van der Waals surface area contributed by atoms with Crippen LogP contribution in [0.25, 0.3) is 0 Å². The zero-order valence-electron chi connectivity index (χ0n) is 16.8. The Balaban J connectivity index is 3.03. The Bertz CT molecular complexity index is 315. The summed E-state index contributed by atoms with van der Waals surface area (Å²) in [5, 5.41) is 8.38. The molecule has 3 heteroatoms. The van der Waals surface area contributed by atoms with Gasteiger partial charge in [-0.05, 0) is 26.2 Å². The molecule has 148 valence electrons. The lowest BCUT2D eigenvalue weighted by atomic mass is 10.0. The molecule has 0 aromatic carbocycles. The third kappa shape index (κ3) is 21.1. The van der Waals surface area contributed by atoms with E-state index in [2.05, 4.69) is 13.5 Å². The molecule has 0 aliphatic carbocycles. The molecule has 0 bridgehead atoms. The van der Waals surface area contributed by atoms with Gasteiger partial charge in [0, 0.05) is 6.42 Å². The van der Waals surface area contributed by atoms with Crippen molar-refractivity contribution in [3.63, 3.8) is 0 Å². The number of nitrogens with one attached hydrogen (secondary N) is 1. The molecule has 2 N–H and O–H groups in total. The quantitative estimate of drug-likeness (QED) is 0.113. The molecule has 0 aromatic heterocycles. The van der Waals surface area contributed by atoms with Crippen LogP contribution in [0.3, 0.4) is 0 Å². The van der Waals surface area contributed by atoms with Crippen molar-refractivity contribution in [3.05, 3.63) is 12.2 Å². The van der Waals surface area contributed by atoms with E-state index in [1.54, 1.807) is 5.48 Å². The van der Waals surface area contributed by atoms with E-state index in [0.29, 0.717) is 6.42 Å². The van der Waals surface area contributed by atoms with Gasteiger partial charge >= 0.3 is 0 Å². The molecule has 25 heavy (non-hydrogen) atoms. The summed E-state index contributed by atoms with van der Waals surface area (Å²) < 4.78 is 0. The third-order valence-corrected chi connectivity index (χ3v) is 4.88. The summed E-state index contributed by atoms with van der Waals surface area (Å²) in [6.45, 7) is 6.08. The van der Waals surface area contributed by atoms with Gasteiger partial charge in [0.1, 0.15) is 0 Å². The lowest BCUT2D eigenvalue weighted by Crippen LogP contribution is -2.17. The number of hydrogen-bond donors (Lipinski definition) is 2. The molecule has 0 aliphatic rings. The Morgan fingerprint density at radius 2 is 0.920 bits per heavy atom. The van der Waals surface area contributed by atoms with Gasteiger partial charge in [0.05, 0.1) is 0 Å². The number of hydroxylamine groups is 1. The standard InChI is InChI=1S/C22H43NO2/c1-21(2)19-17-15-13-11-9-7-5-3-4-6-8-10-12-14-16-18-20-22(24)23-25/h25H,1,3-20H2,2H3,(H,23,24). The Labute approximate surface area is 156 Å². The molecule has 0 spiro atoms. The first-order valence-electron chi connectivity index (χ1n) is 10.7. The maximum absolute atomic E-state index is 10.8. The van der Waals surface area contributed by atoms with Crippen molar-refractivity contribution in [3.8, 4) is 0 Å². The van der Waals surface area contributed by atoms with Gasteiger partial charge in [0.2, 0.25) is 5.91 Å². The fourth-order valence-corrected chi connectivity index (χ4v) is 3.24. The van der Waals surface area contributed by atoms with Gasteiger partial charge in [-0.15, -0.1) is 6.58 Å². The minimum absolute atomic E-state index is 0.261. The number of allylic oxidation sites excluding steroid dienone is 1. The summed E-state index contributed by atoms with van der Waals surface area (Å²) in [5.41, 5.74) is 3.01. The summed E-state index contributed by atoms with van der Waals surface area (Å²) in [6.07, 6.45) is 22.8. The monoisotopic (exact) mass is 353 g/mol. The predicted octanol–water partition coefficient (Wildman–Crippen LogP) is 7.09. The summed E-state index contributed by atoms with van der Waals surface area (Å²) in [4.78, 5) is 10.8. The molecule has 0 atom stereocenters. The molecule has 1 amide bonds. The molecule has 0 aromatic rings. The summed E-state index contributed by atoms with van der Waals surface area (Å²) in [6, 6.07) is 0. The molecular weight excluding hydrogens is 310 g/mol. The number of carbonyl (C=O) groups excluding carboxylic acids is 1. The van der Waals surface area contributed by atoms with Crippen molar-refractivity contribution < 1.29 is 10.0 Å². The molecule has 0 heterocycles. The van der Waals surface area contributed by atoms with E-state index in [0.717, 1.165) is 12.8 Å². The van der Waals surface area contributed by atoms with Crippen molar-refractivity contribution in [1.29, 1.82) is 0 Å². The van der Waals surface area contributed by atoms with Crippen LogP contribution in [0.2, 0.25) is 0 Å². The number of rotatable bonds is 19. The van der Waals surface area contributed by atoms with E-state index in [-0.39, 0.29) is 5.91 Å². The van der Waals surface area contributed by atoms with Gasteiger partial charge in [-0.2, -0.15) is 0 Å². The van der Waals surface area contributed by atoms with E-state index in [1.807, 2.05) is 0 Å². The fraction of sp³-hybridized carbons (Fsp3) is 0.864. The zero-order valence-corrected chi connectivity index (χ0v) is 16.8. The topological polar surface area (TPSA) is 49.3 Å². The van der Waals surface area contributed by atoms with Gasteiger partial charge in [0.15, 0.2) is 0 Å². The van der Waals surface area contributed by atoms with Crippen LogP contribution >= 0.6 is 0 Å². The second-order valence-electron chi connectivity index (χ2n) is 7.65.